The second kappa shape index (κ2) is 3.51. The molecule has 0 saturated carbocycles. The number of ether oxygens (including phenoxy) is 1. The number of carbonyl (C=O) groups is 1. The summed E-state index contributed by atoms with van der Waals surface area (Å²) in [6.07, 6.45) is 0.907. The van der Waals surface area contributed by atoms with E-state index in [1.165, 1.54) is 5.56 Å². The predicted octanol–water partition coefficient (Wildman–Crippen LogP) is 2.34. The fraction of sp³-hybridized carbons (Fsp3) is 0.462. The molecule has 0 aliphatic carbocycles. The van der Waals surface area contributed by atoms with Crippen molar-refractivity contribution in [2.24, 2.45) is 0 Å². The number of benzene rings is 1. The maximum atomic E-state index is 11.1. The summed E-state index contributed by atoms with van der Waals surface area (Å²) in [4.78, 5) is 12.9. The van der Waals surface area contributed by atoms with Crippen LogP contribution in [0.5, 0.6) is 5.75 Å². The molecule has 0 bridgehead atoms. The van der Waals surface area contributed by atoms with Crippen LogP contribution >= 0.6 is 0 Å². The van der Waals surface area contributed by atoms with Crippen molar-refractivity contribution in [1.29, 1.82) is 0 Å². The first-order valence-corrected chi connectivity index (χ1v) is 5.44. The van der Waals surface area contributed by atoms with E-state index in [2.05, 4.69) is 20.8 Å². The molecule has 0 aromatic heterocycles. The predicted molar refractivity (Wildman–Crippen MR) is 64.0 cm³/mol. The van der Waals surface area contributed by atoms with Gasteiger partial charge in [0.25, 0.3) is 0 Å². The van der Waals surface area contributed by atoms with Crippen molar-refractivity contribution in [1.82, 2.24) is 0 Å². The number of amides is 1. The highest BCUT2D eigenvalue weighted by Gasteiger charge is 2.41. The first kappa shape index (κ1) is 11.0. The Morgan fingerprint density at radius 3 is 2.69 bits per heavy atom. The van der Waals surface area contributed by atoms with Gasteiger partial charge in [-0.3, -0.25) is 4.79 Å². The SMILES string of the molecule is COc1ccc2c(c1)C(C)(C)C(C)N2C=O. The van der Waals surface area contributed by atoms with Crippen LogP contribution in [0.25, 0.3) is 0 Å². The zero-order valence-corrected chi connectivity index (χ0v) is 10.2. The second-order valence-corrected chi connectivity index (χ2v) is 4.79. The van der Waals surface area contributed by atoms with E-state index < -0.39 is 0 Å². The van der Waals surface area contributed by atoms with Crippen LogP contribution in [-0.4, -0.2) is 19.6 Å². The van der Waals surface area contributed by atoms with Gasteiger partial charge in [0.1, 0.15) is 5.75 Å². The zero-order chi connectivity index (χ0) is 11.9. The lowest BCUT2D eigenvalue weighted by Gasteiger charge is -2.27. The van der Waals surface area contributed by atoms with Crippen LogP contribution in [0, 0.1) is 0 Å². The lowest BCUT2D eigenvalue weighted by Crippen LogP contribution is -2.37. The van der Waals surface area contributed by atoms with Gasteiger partial charge in [-0.2, -0.15) is 0 Å². The smallest absolute Gasteiger partial charge is 0.214 e. The molecule has 0 fully saturated rings. The minimum absolute atomic E-state index is 0.0369. The molecule has 1 aromatic rings. The van der Waals surface area contributed by atoms with Crippen LogP contribution in [0.2, 0.25) is 0 Å². The largest absolute Gasteiger partial charge is 0.497 e. The fourth-order valence-corrected chi connectivity index (χ4v) is 2.31. The van der Waals surface area contributed by atoms with Gasteiger partial charge in [0, 0.05) is 17.1 Å². The molecule has 1 heterocycles. The molecule has 0 saturated heterocycles. The van der Waals surface area contributed by atoms with Crippen LogP contribution in [0.1, 0.15) is 26.3 Å². The van der Waals surface area contributed by atoms with Crippen LogP contribution in [-0.2, 0) is 10.2 Å². The molecule has 0 spiro atoms. The Bertz CT molecular complexity index is 426. The normalized spacial score (nSPS) is 21.8. The van der Waals surface area contributed by atoms with Gasteiger partial charge in [0.2, 0.25) is 6.41 Å². The molecule has 1 aliphatic rings. The summed E-state index contributed by atoms with van der Waals surface area (Å²) in [6.45, 7) is 6.37. The van der Waals surface area contributed by atoms with Gasteiger partial charge in [-0.1, -0.05) is 13.8 Å². The molecule has 2 rings (SSSR count). The van der Waals surface area contributed by atoms with E-state index in [-0.39, 0.29) is 11.5 Å². The average molecular weight is 219 g/mol. The molecule has 1 amide bonds. The Morgan fingerprint density at radius 1 is 1.44 bits per heavy atom. The Morgan fingerprint density at radius 2 is 2.12 bits per heavy atom. The van der Waals surface area contributed by atoms with Gasteiger partial charge in [0.15, 0.2) is 0 Å². The Hall–Kier alpha value is -1.51. The number of anilines is 1. The third-order valence-electron chi connectivity index (χ3n) is 3.75. The van der Waals surface area contributed by atoms with Crippen LogP contribution in [0.4, 0.5) is 5.69 Å². The van der Waals surface area contributed by atoms with Crippen molar-refractivity contribution in [3.8, 4) is 5.75 Å². The molecule has 86 valence electrons. The highest BCUT2D eigenvalue weighted by atomic mass is 16.5. The van der Waals surface area contributed by atoms with E-state index in [9.17, 15) is 4.79 Å². The van der Waals surface area contributed by atoms with Gasteiger partial charge in [-0.25, -0.2) is 0 Å². The minimum atomic E-state index is -0.0369. The molecule has 1 aromatic carbocycles. The molecule has 3 nitrogen and oxygen atoms in total. The summed E-state index contributed by atoms with van der Waals surface area (Å²) >= 11 is 0. The molecule has 1 atom stereocenters. The van der Waals surface area contributed by atoms with Crippen molar-refractivity contribution in [2.75, 3.05) is 12.0 Å². The van der Waals surface area contributed by atoms with Gasteiger partial charge < -0.3 is 9.64 Å². The van der Waals surface area contributed by atoms with Crippen molar-refractivity contribution in [3.05, 3.63) is 23.8 Å². The summed E-state index contributed by atoms with van der Waals surface area (Å²) < 4.78 is 5.23. The summed E-state index contributed by atoms with van der Waals surface area (Å²) in [6, 6.07) is 6.04. The molecule has 1 unspecified atom stereocenters. The number of hydrogen-bond acceptors (Lipinski definition) is 2. The first-order valence-electron chi connectivity index (χ1n) is 5.44. The van der Waals surface area contributed by atoms with Crippen molar-refractivity contribution < 1.29 is 9.53 Å². The van der Waals surface area contributed by atoms with Gasteiger partial charge in [-0.15, -0.1) is 0 Å². The highest BCUT2D eigenvalue weighted by Crippen LogP contribution is 2.45. The summed E-state index contributed by atoms with van der Waals surface area (Å²) in [7, 11) is 1.66. The topological polar surface area (TPSA) is 29.5 Å². The van der Waals surface area contributed by atoms with E-state index in [0.717, 1.165) is 17.8 Å². The van der Waals surface area contributed by atoms with Crippen LogP contribution in [0.15, 0.2) is 18.2 Å². The molecular formula is C13H17NO2. The first-order chi connectivity index (χ1) is 7.52. The highest BCUT2D eigenvalue weighted by molar-refractivity contribution is 5.83. The Kier molecular flexibility index (Phi) is 2.41. The van der Waals surface area contributed by atoms with Gasteiger partial charge in [-0.05, 0) is 30.7 Å². The minimum Gasteiger partial charge on any atom is -0.497 e. The number of nitrogens with zero attached hydrogens (tertiary/aromatic N) is 1. The van der Waals surface area contributed by atoms with Gasteiger partial charge >= 0.3 is 0 Å². The van der Waals surface area contributed by atoms with Crippen molar-refractivity contribution >= 4 is 12.1 Å². The number of hydrogen-bond donors (Lipinski definition) is 0. The Labute approximate surface area is 96.0 Å². The number of rotatable bonds is 2. The summed E-state index contributed by atoms with van der Waals surface area (Å²) in [5, 5.41) is 0. The number of carbonyl (C=O) groups excluding carboxylic acids is 1. The van der Waals surface area contributed by atoms with Gasteiger partial charge in [0.05, 0.1) is 7.11 Å². The van der Waals surface area contributed by atoms with Crippen LogP contribution in [0.3, 0.4) is 0 Å². The lowest BCUT2D eigenvalue weighted by molar-refractivity contribution is -0.107. The molecular weight excluding hydrogens is 202 g/mol. The maximum absolute atomic E-state index is 11.1. The Balaban J connectivity index is 2.60. The van der Waals surface area contributed by atoms with E-state index in [1.807, 2.05) is 18.2 Å². The average Bonchev–Trinajstić information content (AvgIpc) is 2.47. The maximum Gasteiger partial charge on any atom is 0.214 e. The van der Waals surface area contributed by atoms with E-state index in [4.69, 9.17) is 4.74 Å². The molecule has 0 N–H and O–H groups in total. The molecule has 0 radical (unpaired) electrons. The monoisotopic (exact) mass is 219 g/mol. The quantitative estimate of drug-likeness (QED) is 0.714. The van der Waals surface area contributed by atoms with Crippen molar-refractivity contribution in [2.45, 2.75) is 32.2 Å². The second-order valence-electron chi connectivity index (χ2n) is 4.79. The van der Waals surface area contributed by atoms with Crippen LogP contribution < -0.4 is 9.64 Å². The van der Waals surface area contributed by atoms with E-state index in [1.54, 1.807) is 12.0 Å². The van der Waals surface area contributed by atoms with E-state index >= 15 is 0 Å². The van der Waals surface area contributed by atoms with Crippen molar-refractivity contribution in [3.63, 3.8) is 0 Å². The fourth-order valence-electron chi connectivity index (χ4n) is 2.31. The lowest BCUT2D eigenvalue weighted by atomic mass is 9.81. The third kappa shape index (κ3) is 1.31. The molecule has 1 aliphatic heterocycles. The third-order valence-corrected chi connectivity index (χ3v) is 3.75. The zero-order valence-electron chi connectivity index (χ0n) is 10.2. The molecule has 3 heteroatoms. The summed E-state index contributed by atoms with van der Waals surface area (Å²) in [5.74, 6) is 0.840. The standard InChI is InChI=1S/C13H17NO2/c1-9-13(2,3)11-7-10(16-4)5-6-12(11)14(9)8-15/h5-9H,1-4H3. The van der Waals surface area contributed by atoms with E-state index in [0.29, 0.717) is 0 Å². The molecule has 16 heavy (non-hydrogen) atoms. The number of methoxy groups -OCH3 is 1. The summed E-state index contributed by atoms with van der Waals surface area (Å²) in [5.41, 5.74) is 2.13. The number of fused-ring (bicyclic) bond motifs is 1.